The molecular weight excluding hydrogens is 312 g/mol. The van der Waals surface area contributed by atoms with Crippen molar-refractivity contribution in [1.29, 1.82) is 0 Å². The summed E-state index contributed by atoms with van der Waals surface area (Å²) < 4.78 is 1.39. The van der Waals surface area contributed by atoms with Crippen molar-refractivity contribution in [2.75, 3.05) is 27.7 Å². The Labute approximate surface area is 148 Å². The van der Waals surface area contributed by atoms with E-state index < -0.39 is 0 Å². The van der Waals surface area contributed by atoms with E-state index in [1.807, 2.05) is 11.3 Å². The molecule has 0 bridgehead atoms. The molecule has 0 fully saturated rings. The van der Waals surface area contributed by atoms with E-state index in [0.29, 0.717) is 5.92 Å². The summed E-state index contributed by atoms with van der Waals surface area (Å²) in [5.74, 6) is 0.490. The van der Waals surface area contributed by atoms with Gasteiger partial charge < -0.3 is 9.80 Å². The molecule has 1 aliphatic heterocycles. The van der Waals surface area contributed by atoms with Gasteiger partial charge in [-0.15, -0.1) is 11.3 Å². The summed E-state index contributed by atoms with van der Waals surface area (Å²) in [7, 11) is 6.50. The molecule has 3 aromatic rings. The van der Waals surface area contributed by atoms with Crippen LogP contribution in [-0.4, -0.2) is 37.5 Å². The van der Waals surface area contributed by atoms with Crippen molar-refractivity contribution in [2.24, 2.45) is 0 Å². The summed E-state index contributed by atoms with van der Waals surface area (Å²) in [4.78, 5) is 6.18. The second-order valence-electron chi connectivity index (χ2n) is 7.21. The lowest BCUT2D eigenvalue weighted by Crippen LogP contribution is -2.30. The van der Waals surface area contributed by atoms with Crippen molar-refractivity contribution < 1.29 is 0 Å². The van der Waals surface area contributed by atoms with Crippen LogP contribution in [0.25, 0.3) is 10.1 Å². The lowest BCUT2D eigenvalue weighted by molar-refractivity contribution is 0.296. The summed E-state index contributed by atoms with van der Waals surface area (Å²) in [5, 5.41) is 1.37. The largest absolute Gasteiger partial charge is 0.305 e. The zero-order valence-electron chi connectivity index (χ0n) is 14.6. The van der Waals surface area contributed by atoms with Gasteiger partial charge in [0.2, 0.25) is 0 Å². The van der Waals surface area contributed by atoms with Gasteiger partial charge in [0.1, 0.15) is 0 Å². The molecule has 0 spiro atoms. The Bertz CT molecular complexity index is 832. The number of likely N-dealkylation sites (N-methyl/N-ethyl adjacent to an activating group) is 1. The molecule has 3 heteroatoms. The normalized spacial score (nSPS) is 18.2. The first kappa shape index (κ1) is 15.8. The molecule has 2 nitrogen and oxygen atoms in total. The van der Waals surface area contributed by atoms with Crippen molar-refractivity contribution in [3.8, 4) is 0 Å². The number of benzene rings is 2. The molecule has 0 saturated carbocycles. The Hall–Kier alpha value is -1.68. The molecule has 24 heavy (non-hydrogen) atoms. The lowest BCUT2D eigenvalue weighted by atomic mass is 9.87. The van der Waals surface area contributed by atoms with Crippen LogP contribution in [0.15, 0.2) is 48.5 Å². The van der Waals surface area contributed by atoms with Crippen LogP contribution in [0, 0.1) is 0 Å². The van der Waals surface area contributed by atoms with E-state index in [9.17, 15) is 0 Å². The van der Waals surface area contributed by atoms with E-state index >= 15 is 0 Å². The molecule has 0 amide bonds. The molecule has 0 radical (unpaired) electrons. The second-order valence-corrected chi connectivity index (χ2v) is 8.32. The third-order valence-corrected chi connectivity index (χ3v) is 6.03. The van der Waals surface area contributed by atoms with Crippen LogP contribution in [0.1, 0.15) is 27.5 Å². The Kier molecular flexibility index (Phi) is 4.17. The van der Waals surface area contributed by atoms with E-state index in [0.717, 1.165) is 19.6 Å². The molecular formula is C21H24N2S. The highest BCUT2D eigenvalue weighted by Gasteiger charge is 2.26. The minimum Gasteiger partial charge on any atom is -0.305 e. The van der Waals surface area contributed by atoms with Crippen LogP contribution < -0.4 is 0 Å². The van der Waals surface area contributed by atoms with Gasteiger partial charge in [-0.1, -0.05) is 36.4 Å². The van der Waals surface area contributed by atoms with Crippen LogP contribution in [0.3, 0.4) is 0 Å². The van der Waals surface area contributed by atoms with Gasteiger partial charge in [-0.3, -0.25) is 0 Å². The third kappa shape index (κ3) is 3.00. The summed E-state index contributed by atoms with van der Waals surface area (Å²) >= 11 is 1.95. The van der Waals surface area contributed by atoms with Gasteiger partial charge in [-0.25, -0.2) is 0 Å². The molecule has 4 rings (SSSR count). The smallest absolute Gasteiger partial charge is 0.0345 e. The van der Waals surface area contributed by atoms with Gasteiger partial charge >= 0.3 is 0 Å². The van der Waals surface area contributed by atoms with Crippen LogP contribution >= 0.6 is 11.3 Å². The fraction of sp³-hybridized carbons (Fsp3) is 0.333. The zero-order chi connectivity index (χ0) is 16.7. The maximum atomic E-state index is 2.46. The average molecular weight is 337 g/mol. The lowest BCUT2D eigenvalue weighted by Gasteiger charge is -2.32. The van der Waals surface area contributed by atoms with Crippen molar-refractivity contribution in [1.82, 2.24) is 9.80 Å². The number of rotatable bonds is 3. The third-order valence-electron chi connectivity index (χ3n) is 4.80. The van der Waals surface area contributed by atoms with Gasteiger partial charge in [0.15, 0.2) is 0 Å². The predicted molar refractivity (Wildman–Crippen MR) is 104 cm³/mol. The van der Waals surface area contributed by atoms with Crippen molar-refractivity contribution in [3.63, 3.8) is 0 Å². The first-order valence-electron chi connectivity index (χ1n) is 8.53. The number of hydrogen-bond donors (Lipinski definition) is 0. The molecule has 1 aliphatic rings. The molecule has 0 aliphatic carbocycles. The summed E-state index contributed by atoms with van der Waals surface area (Å²) in [5.41, 5.74) is 4.41. The Balaban J connectivity index is 1.75. The van der Waals surface area contributed by atoms with E-state index in [1.54, 1.807) is 0 Å². The average Bonchev–Trinajstić information content (AvgIpc) is 2.97. The maximum absolute atomic E-state index is 2.46. The van der Waals surface area contributed by atoms with Gasteiger partial charge in [-0.05, 0) is 55.4 Å². The quantitative estimate of drug-likeness (QED) is 0.693. The maximum Gasteiger partial charge on any atom is 0.0345 e. The molecule has 1 aromatic heterocycles. The van der Waals surface area contributed by atoms with Gasteiger partial charge in [0.05, 0.1) is 0 Å². The van der Waals surface area contributed by atoms with Crippen molar-refractivity contribution in [3.05, 3.63) is 70.1 Å². The first-order valence-corrected chi connectivity index (χ1v) is 9.35. The standard InChI is InChI=1S/C21H24N2S/c1-22(2)12-15-8-9-18-17(10-15)13-23(3)14-19(18)21-11-16-6-4-5-7-20(16)24-21/h4-11,19H,12-14H2,1-3H3. The fourth-order valence-electron chi connectivity index (χ4n) is 3.78. The number of hydrogen-bond acceptors (Lipinski definition) is 3. The van der Waals surface area contributed by atoms with E-state index in [2.05, 4.69) is 79.5 Å². The van der Waals surface area contributed by atoms with E-state index in [1.165, 1.54) is 31.7 Å². The Morgan fingerprint density at radius 3 is 2.75 bits per heavy atom. The second kappa shape index (κ2) is 6.32. The Morgan fingerprint density at radius 2 is 1.96 bits per heavy atom. The fourth-order valence-corrected chi connectivity index (χ4v) is 4.96. The van der Waals surface area contributed by atoms with E-state index in [-0.39, 0.29) is 0 Å². The van der Waals surface area contributed by atoms with Crippen LogP contribution in [0.4, 0.5) is 0 Å². The van der Waals surface area contributed by atoms with Crippen LogP contribution in [0.2, 0.25) is 0 Å². The molecule has 0 N–H and O–H groups in total. The van der Waals surface area contributed by atoms with Crippen molar-refractivity contribution in [2.45, 2.75) is 19.0 Å². The molecule has 2 aromatic carbocycles. The monoisotopic (exact) mass is 336 g/mol. The summed E-state index contributed by atoms with van der Waals surface area (Å²) in [6.45, 7) is 3.16. The SMILES string of the molecule is CN(C)Cc1ccc2c(c1)CN(C)CC2c1cc2ccccc2s1. The molecule has 0 saturated heterocycles. The van der Waals surface area contributed by atoms with Crippen LogP contribution in [0.5, 0.6) is 0 Å². The highest BCUT2D eigenvalue weighted by molar-refractivity contribution is 7.19. The minimum atomic E-state index is 0.490. The molecule has 1 unspecified atom stereocenters. The topological polar surface area (TPSA) is 6.48 Å². The zero-order valence-corrected chi connectivity index (χ0v) is 15.4. The predicted octanol–water partition coefficient (Wildman–Crippen LogP) is 4.54. The first-order chi connectivity index (χ1) is 11.6. The number of nitrogens with zero attached hydrogens (tertiary/aromatic N) is 2. The molecule has 1 atom stereocenters. The van der Waals surface area contributed by atoms with Crippen molar-refractivity contribution >= 4 is 21.4 Å². The molecule has 124 valence electrons. The highest BCUT2D eigenvalue weighted by atomic mass is 32.1. The van der Waals surface area contributed by atoms with Gasteiger partial charge in [0.25, 0.3) is 0 Å². The number of thiophene rings is 1. The van der Waals surface area contributed by atoms with Crippen LogP contribution in [-0.2, 0) is 13.1 Å². The highest BCUT2D eigenvalue weighted by Crippen LogP contribution is 2.39. The number of fused-ring (bicyclic) bond motifs is 2. The summed E-state index contributed by atoms with van der Waals surface area (Å²) in [6.07, 6.45) is 0. The van der Waals surface area contributed by atoms with Gasteiger partial charge in [-0.2, -0.15) is 0 Å². The Morgan fingerprint density at radius 1 is 1.12 bits per heavy atom. The summed E-state index contributed by atoms with van der Waals surface area (Å²) in [6, 6.07) is 18.2. The van der Waals surface area contributed by atoms with Gasteiger partial charge in [0, 0.05) is 35.1 Å². The van der Waals surface area contributed by atoms with E-state index in [4.69, 9.17) is 0 Å². The minimum absolute atomic E-state index is 0.490. The molecule has 2 heterocycles.